The molecule has 4 rings (SSSR count). The Balaban J connectivity index is 2.01. The van der Waals surface area contributed by atoms with Crippen LogP contribution in [0.4, 0.5) is 0 Å². The highest BCUT2D eigenvalue weighted by molar-refractivity contribution is 6.30. The molecule has 0 fully saturated rings. The van der Waals surface area contributed by atoms with Gasteiger partial charge in [-0.1, -0.05) is 41.9 Å². The third-order valence-electron chi connectivity index (χ3n) is 4.01. The molecule has 0 amide bonds. The van der Waals surface area contributed by atoms with Gasteiger partial charge < -0.3 is 10.0 Å². The Hall–Kier alpha value is -1.84. The van der Waals surface area contributed by atoms with E-state index >= 15 is 0 Å². The molecule has 20 heavy (non-hydrogen) atoms. The van der Waals surface area contributed by atoms with Gasteiger partial charge in [-0.25, -0.2) is 0 Å². The lowest BCUT2D eigenvalue weighted by molar-refractivity contribution is -0.0242. The molecule has 2 aliphatic rings. The zero-order chi connectivity index (χ0) is 13.7. The summed E-state index contributed by atoms with van der Waals surface area (Å²) < 4.78 is 0. The lowest BCUT2D eigenvalue weighted by Crippen LogP contribution is -2.43. The first-order valence-electron chi connectivity index (χ1n) is 6.61. The van der Waals surface area contributed by atoms with Crippen LogP contribution in [0.25, 0.3) is 0 Å². The van der Waals surface area contributed by atoms with Gasteiger partial charge in [0.05, 0.1) is 6.54 Å². The molecule has 0 aliphatic carbocycles. The lowest BCUT2D eigenvalue weighted by Gasteiger charge is -2.33. The van der Waals surface area contributed by atoms with E-state index in [0.717, 1.165) is 22.5 Å². The highest BCUT2D eigenvalue weighted by atomic mass is 35.5. The smallest absolute Gasteiger partial charge is 0.193 e. The van der Waals surface area contributed by atoms with Crippen LogP contribution in [0.1, 0.15) is 16.7 Å². The van der Waals surface area contributed by atoms with Gasteiger partial charge in [0, 0.05) is 28.3 Å². The van der Waals surface area contributed by atoms with Gasteiger partial charge in [0.25, 0.3) is 0 Å². The van der Waals surface area contributed by atoms with E-state index in [1.807, 2.05) is 53.4 Å². The summed E-state index contributed by atoms with van der Waals surface area (Å²) in [6.07, 6.45) is 0. The van der Waals surface area contributed by atoms with Gasteiger partial charge in [-0.3, -0.25) is 4.99 Å². The molecule has 0 spiro atoms. The van der Waals surface area contributed by atoms with Crippen LogP contribution in [0.3, 0.4) is 0 Å². The van der Waals surface area contributed by atoms with Crippen molar-refractivity contribution in [2.24, 2.45) is 4.99 Å². The van der Waals surface area contributed by atoms with Crippen molar-refractivity contribution in [2.45, 2.75) is 5.72 Å². The Bertz CT molecular complexity index is 714. The molecular formula is C16H13ClN2O. The van der Waals surface area contributed by atoms with Crippen LogP contribution in [0, 0.1) is 0 Å². The molecule has 1 atom stereocenters. The van der Waals surface area contributed by atoms with Crippen LogP contribution in [0.5, 0.6) is 0 Å². The minimum absolute atomic E-state index is 0.625. The normalized spacial score (nSPS) is 23.5. The maximum Gasteiger partial charge on any atom is 0.193 e. The van der Waals surface area contributed by atoms with E-state index in [2.05, 4.69) is 4.99 Å². The maximum absolute atomic E-state index is 11.4. The summed E-state index contributed by atoms with van der Waals surface area (Å²) in [4.78, 5) is 6.49. The molecule has 2 heterocycles. The molecule has 2 aromatic carbocycles. The van der Waals surface area contributed by atoms with E-state index in [-0.39, 0.29) is 0 Å². The second kappa shape index (κ2) is 4.08. The second-order valence-corrected chi connectivity index (χ2v) is 5.52. The summed E-state index contributed by atoms with van der Waals surface area (Å²) in [6, 6.07) is 15.3. The third-order valence-corrected chi connectivity index (χ3v) is 4.24. The largest absolute Gasteiger partial charge is 0.363 e. The van der Waals surface area contributed by atoms with Crippen molar-refractivity contribution in [2.75, 3.05) is 13.1 Å². The molecule has 1 unspecified atom stereocenters. The highest BCUT2D eigenvalue weighted by Gasteiger charge is 2.49. The Labute approximate surface area is 122 Å². The van der Waals surface area contributed by atoms with E-state index in [1.54, 1.807) is 0 Å². The summed E-state index contributed by atoms with van der Waals surface area (Å²) in [6.45, 7) is 1.43. The summed E-state index contributed by atoms with van der Waals surface area (Å²) in [5.74, 6) is 0.864. The number of benzene rings is 2. The van der Waals surface area contributed by atoms with Crippen LogP contribution in [0.2, 0.25) is 5.02 Å². The number of aliphatic hydroxyl groups is 1. The fourth-order valence-electron chi connectivity index (χ4n) is 3.12. The molecule has 100 valence electrons. The maximum atomic E-state index is 11.4. The van der Waals surface area contributed by atoms with Crippen LogP contribution >= 0.6 is 11.6 Å². The average molecular weight is 285 g/mol. The fraction of sp³-hybridized carbons (Fsp3) is 0.188. The molecule has 0 aromatic heterocycles. The molecule has 0 saturated heterocycles. The van der Waals surface area contributed by atoms with Crippen molar-refractivity contribution in [1.82, 2.24) is 4.90 Å². The summed E-state index contributed by atoms with van der Waals surface area (Å²) in [7, 11) is 0. The van der Waals surface area contributed by atoms with Gasteiger partial charge in [0.15, 0.2) is 5.72 Å². The molecule has 0 bridgehead atoms. The van der Waals surface area contributed by atoms with Gasteiger partial charge in [-0.2, -0.15) is 0 Å². The van der Waals surface area contributed by atoms with Gasteiger partial charge in [0.1, 0.15) is 5.84 Å². The molecular weight excluding hydrogens is 272 g/mol. The average Bonchev–Trinajstić information content (AvgIpc) is 3.04. The Morgan fingerprint density at radius 3 is 2.75 bits per heavy atom. The van der Waals surface area contributed by atoms with E-state index < -0.39 is 5.72 Å². The van der Waals surface area contributed by atoms with Gasteiger partial charge in [0.2, 0.25) is 0 Å². The number of nitrogens with zero attached hydrogens (tertiary/aromatic N) is 2. The minimum Gasteiger partial charge on any atom is -0.363 e. The Morgan fingerprint density at radius 1 is 1.15 bits per heavy atom. The first-order chi connectivity index (χ1) is 9.71. The molecule has 2 aromatic rings. The van der Waals surface area contributed by atoms with Crippen molar-refractivity contribution in [3.05, 3.63) is 70.2 Å². The number of halogens is 1. The SMILES string of the molecule is OC1(c2ccccc2)c2cc(Cl)ccc2C2=NCCN21. The minimum atomic E-state index is -1.17. The highest BCUT2D eigenvalue weighted by Crippen LogP contribution is 2.44. The quantitative estimate of drug-likeness (QED) is 0.874. The van der Waals surface area contributed by atoms with Gasteiger partial charge >= 0.3 is 0 Å². The summed E-state index contributed by atoms with van der Waals surface area (Å²) in [5, 5.41) is 12.0. The zero-order valence-electron chi connectivity index (χ0n) is 10.8. The van der Waals surface area contributed by atoms with Crippen LogP contribution in [-0.4, -0.2) is 28.9 Å². The molecule has 3 nitrogen and oxygen atoms in total. The van der Waals surface area contributed by atoms with Crippen molar-refractivity contribution in [3.8, 4) is 0 Å². The fourth-order valence-corrected chi connectivity index (χ4v) is 3.29. The number of hydrogen-bond donors (Lipinski definition) is 1. The Kier molecular flexibility index (Phi) is 2.43. The van der Waals surface area contributed by atoms with E-state index in [4.69, 9.17) is 11.6 Å². The predicted octanol–water partition coefficient (Wildman–Crippen LogP) is 2.61. The first-order valence-corrected chi connectivity index (χ1v) is 6.99. The standard InChI is InChI=1S/C16H13ClN2O/c17-12-6-7-13-14(10-12)16(20,11-4-2-1-3-5-11)19-9-8-18-15(13)19/h1-7,10,20H,8-9H2. The number of aliphatic imine (C=N–C) groups is 1. The Morgan fingerprint density at radius 2 is 1.95 bits per heavy atom. The molecule has 1 N–H and O–H groups in total. The summed E-state index contributed by atoms with van der Waals surface area (Å²) in [5.41, 5.74) is 1.46. The van der Waals surface area contributed by atoms with E-state index in [0.29, 0.717) is 18.1 Å². The van der Waals surface area contributed by atoms with Gasteiger partial charge in [-0.15, -0.1) is 0 Å². The monoisotopic (exact) mass is 284 g/mol. The molecule has 2 aliphatic heterocycles. The number of fused-ring (bicyclic) bond motifs is 3. The van der Waals surface area contributed by atoms with Crippen molar-refractivity contribution in [3.63, 3.8) is 0 Å². The number of rotatable bonds is 1. The van der Waals surface area contributed by atoms with Gasteiger partial charge in [-0.05, 0) is 18.2 Å². The topological polar surface area (TPSA) is 35.8 Å². The molecule has 0 saturated carbocycles. The van der Waals surface area contributed by atoms with E-state index in [9.17, 15) is 5.11 Å². The first kappa shape index (κ1) is 11.9. The van der Waals surface area contributed by atoms with E-state index in [1.165, 1.54) is 0 Å². The predicted molar refractivity (Wildman–Crippen MR) is 79.0 cm³/mol. The van der Waals surface area contributed by atoms with Crippen molar-refractivity contribution < 1.29 is 5.11 Å². The molecule has 4 heteroatoms. The molecule has 0 radical (unpaired) electrons. The van der Waals surface area contributed by atoms with Crippen LogP contribution in [-0.2, 0) is 5.72 Å². The number of amidine groups is 1. The summed E-state index contributed by atoms with van der Waals surface area (Å²) >= 11 is 6.13. The van der Waals surface area contributed by atoms with Crippen LogP contribution in [0.15, 0.2) is 53.5 Å². The van der Waals surface area contributed by atoms with Crippen molar-refractivity contribution >= 4 is 17.4 Å². The lowest BCUT2D eigenvalue weighted by atomic mass is 9.93. The zero-order valence-corrected chi connectivity index (χ0v) is 11.5. The third kappa shape index (κ3) is 1.42. The van der Waals surface area contributed by atoms with Crippen LogP contribution < -0.4 is 0 Å². The number of hydrogen-bond acceptors (Lipinski definition) is 3. The second-order valence-electron chi connectivity index (χ2n) is 5.09. The van der Waals surface area contributed by atoms with Crippen molar-refractivity contribution in [1.29, 1.82) is 0 Å².